The van der Waals surface area contributed by atoms with E-state index in [1.807, 2.05) is 6.92 Å². The average molecular weight is 298 g/mol. The number of hydrogen-bond donors (Lipinski definition) is 0. The lowest BCUT2D eigenvalue weighted by atomic mass is 10.0. The van der Waals surface area contributed by atoms with Crippen molar-refractivity contribution in [3.8, 4) is 0 Å². The molecular weight excluding hydrogens is 280 g/mol. The van der Waals surface area contributed by atoms with Crippen molar-refractivity contribution in [2.75, 3.05) is 6.54 Å². The van der Waals surface area contributed by atoms with E-state index < -0.39 is 14.9 Å². The van der Waals surface area contributed by atoms with Crippen LogP contribution < -0.4 is 0 Å². The standard InChI is InChI=1S/C13H18N2O4S/c1-2-11-5-3-4-10-14(11)20(18,19)13-8-6-12(7-9-13)15(16)17/h6-9,11H,2-5,10H2,1H3. The minimum atomic E-state index is -3.56. The summed E-state index contributed by atoms with van der Waals surface area (Å²) in [6.07, 6.45) is 3.57. The minimum absolute atomic E-state index is 0.0314. The van der Waals surface area contributed by atoms with Gasteiger partial charge in [-0.3, -0.25) is 10.1 Å². The molecule has 0 spiro atoms. The van der Waals surface area contributed by atoms with E-state index in [-0.39, 0.29) is 16.6 Å². The first-order valence-corrected chi connectivity index (χ1v) is 8.17. The van der Waals surface area contributed by atoms with Gasteiger partial charge in [0.15, 0.2) is 0 Å². The molecule has 1 unspecified atom stereocenters. The number of nitrogens with zero attached hydrogens (tertiary/aromatic N) is 2. The Balaban J connectivity index is 2.31. The molecule has 1 aliphatic heterocycles. The highest BCUT2D eigenvalue weighted by Gasteiger charge is 2.32. The van der Waals surface area contributed by atoms with Gasteiger partial charge in [0.05, 0.1) is 9.82 Å². The van der Waals surface area contributed by atoms with Gasteiger partial charge in [-0.25, -0.2) is 8.42 Å². The summed E-state index contributed by atoms with van der Waals surface area (Å²) in [6.45, 7) is 2.51. The van der Waals surface area contributed by atoms with Crippen LogP contribution in [0.2, 0.25) is 0 Å². The summed E-state index contributed by atoms with van der Waals surface area (Å²) >= 11 is 0. The van der Waals surface area contributed by atoms with E-state index in [9.17, 15) is 18.5 Å². The molecule has 1 atom stereocenters. The summed E-state index contributed by atoms with van der Waals surface area (Å²) in [5.74, 6) is 0. The molecule has 2 rings (SSSR count). The van der Waals surface area contributed by atoms with Crippen LogP contribution in [0, 0.1) is 10.1 Å². The molecule has 0 N–H and O–H groups in total. The first-order chi connectivity index (χ1) is 9.46. The van der Waals surface area contributed by atoms with Gasteiger partial charge in [-0.15, -0.1) is 0 Å². The van der Waals surface area contributed by atoms with Crippen LogP contribution in [-0.2, 0) is 10.0 Å². The second-order valence-corrected chi connectivity index (χ2v) is 6.82. The second kappa shape index (κ2) is 5.88. The van der Waals surface area contributed by atoms with Gasteiger partial charge >= 0.3 is 0 Å². The molecule has 0 amide bonds. The topological polar surface area (TPSA) is 80.5 Å². The SMILES string of the molecule is CCC1CCCCN1S(=O)(=O)c1ccc([N+](=O)[O-])cc1. The molecular formula is C13H18N2O4S. The number of nitro benzene ring substituents is 1. The van der Waals surface area contributed by atoms with Crippen molar-refractivity contribution in [1.29, 1.82) is 0 Å². The second-order valence-electron chi connectivity index (χ2n) is 4.92. The van der Waals surface area contributed by atoms with Crippen LogP contribution in [0.3, 0.4) is 0 Å². The maximum absolute atomic E-state index is 12.6. The average Bonchev–Trinajstić information content (AvgIpc) is 2.47. The largest absolute Gasteiger partial charge is 0.269 e. The highest BCUT2D eigenvalue weighted by atomic mass is 32.2. The molecule has 1 fully saturated rings. The summed E-state index contributed by atoms with van der Waals surface area (Å²) < 4.78 is 26.7. The molecule has 0 radical (unpaired) electrons. The lowest BCUT2D eigenvalue weighted by molar-refractivity contribution is -0.384. The number of sulfonamides is 1. The van der Waals surface area contributed by atoms with Crippen LogP contribution in [0.4, 0.5) is 5.69 Å². The maximum Gasteiger partial charge on any atom is 0.269 e. The van der Waals surface area contributed by atoms with Crippen LogP contribution in [0.25, 0.3) is 0 Å². The Morgan fingerprint density at radius 3 is 2.50 bits per heavy atom. The Morgan fingerprint density at radius 2 is 1.95 bits per heavy atom. The lowest BCUT2D eigenvalue weighted by Crippen LogP contribution is -2.43. The first kappa shape index (κ1) is 14.9. The molecule has 1 aromatic rings. The number of rotatable bonds is 4. The molecule has 0 aromatic heterocycles. The van der Waals surface area contributed by atoms with Gasteiger partial charge < -0.3 is 0 Å². The van der Waals surface area contributed by atoms with Gasteiger partial charge in [-0.1, -0.05) is 13.3 Å². The van der Waals surface area contributed by atoms with Crippen LogP contribution in [0.5, 0.6) is 0 Å². The van der Waals surface area contributed by atoms with Crippen molar-refractivity contribution in [2.24, 2.45) is 0 Å². The molecule has 0 bridgehead atoms. The van der Waals surface area contributed by atoms with E-state index in [1.54, 1.807) is 0 Å². The number of nitro groups is 1. The van der Waals surface area contributed by atoms with E-state index >= 15 is 0 Å². The zero-order chi connectivity index (χ0) is 14.8. The van der Waals surface area contributed by atoms with E-state index in [4.69, 9.17) is 0 Å². The molecule has 7 heteroatoms. The molecule has 1 heterocycles. The summed E-state index contributed by atoms with van der Waals surface area (Å²) in [4.78, 5) is 10.2. The zero-order valence-electron chi connectivity index (χ0n) is 11.4. The molecule has 6 nitrogen and oxygen atoms in total. The van der Waals surface area contributed by atoms with Gasteiger partial charge in [0.25, 0.3) is 5.69 Å². The molecule has 1 saturated heterocycles. The van der Waals surface area contributed by atoms with Crippen LogP contribution in [-0.4, -0.2) is 30.2 Å². The Bertz CT molecular complexity index is 583. The van der Waals surface area contributed by atoms with Crippen LogP contribution in [0.1, 0.15) is 32.6 Å². The van der Waals surface area contributed by atoms with E-state index in [0.29, 0.717) is 6.54 Å². The molecule has 0 saturated carbocycles. The third-order valence-electron chi connectivity index (χ3n) is 3.70. The predicted molar refractivity (Wildman–Crippen MR) is 74.9 cm³/mol. The highest BCUT2D eigenvalue weighted by molar-refractivity contribution is 7.89. The third kappa shape index (κ3) is 2.83. The number of hydrogen-bond acceptors (Lipinski definition) is 4. The van der Waals surface area contributed by atoms with Gasteiger partial charge in [-0.05, 0) is 31.4 Å². The zero-order valence-corrected chi connectivity index (χ0v) is 12.2. The summed E-state index contributed by atoms with van der Waals surface area (Å²) in [5.41, 5.74) is -0.102. The summed E-state index contributed by atoms with van der Waals surface area (Å²) in [5, 5.41) is 10.6. The van der Waals surface area contributed by atoms with E-state index in [2.05, 4.69) is 0 Å². The molecule has 1 aliphatic rings. The van der Waals surface area contributed by atoms with Crippen molar-refractivity contribution in [2.45, 2.75) is 43.5 Å². The first-order valence-electron chi connectivity index (χ1n) is 6.73. The highest BCUT2D eigenvalue weighted by Crippen LogP contribution is 2.27. The van der Waals surface area contributed by atoms with Crippen molar-refractivity contribution >= 4 is 15.7 Å². The predicted octanol–water partition coefficient (Wildman–Crippen LogP) is 2.55. The van der Waals surface area contributed by atoms with Crippen molar-refractivity contribution < 1.29 is 13.3 Å². The molecule has 1 aromatic carbocycles. The fourth-order valence-corrected chi connectivity index (χ4v) is 4.34. The maximum atomic E-state index is 12.6. The Hall–Kier alpha value is -1.47. The Kier molecular flexibility index (Phi) is 4.39. The Labute approximate surface area is 118 Å². The fourth-order valence-electron chi connectivity index (χ4n) is 2.57. The molecule has 20 heavy (non-hydrogen) atoms. The minimum Gasteiger partial charge on any atom is -0.258 e. The summed E-state index contributed by atoms with van der Waals surface area (Å²) in [6, 6.07) is 5.13. The van der Waals surface area contributed by atoms with Gasteiger partial charge in [0.2, 0.25) is 10.0 Å². The van der Waals surface area contributed by atoms with E-state index in [1.165, 1.54) is 28.6 Å². The quantitative estimate of drug-likeness (QED) is 0.632. The van der Waals surface area contributed by atoms with Crippen LogP contribution >= 0.6 is 0 Å². The van der Waals surface area contributed by atoms with Crippen molar-refractivity contribution in [3.05, 3.63) is 34.4 Å². The number of benzene rings is 1. The Morgan fingerprint density at radius 1 is 1.30 bits per heavy atom. The lowest BCUT2D eigenvalue weighted by Gasteiger charge is -2.34. The monoisotopic (exact) mass is 298 g/mol. The van der Waals surface area contributed by atoms with Gasteiger partial charge in [-0.2, -0.15) is 4.31 Å². The molecule has 0 aliphatic carbocycles. The number of non-ortho nitro benzene ring substituents is 1. The normalized spacial score (nSPS) is 20.8. The molecule has 110 valence electrons. The van der Waals surface area contributed by atoms with Gasteiger partial charge in [0.1, 0.15) is 0 Å². The fraction of sp³-hybridized carbons (Fsp3) is 0.538. The van der Waals surface area contributed by atoms with Crippen molar-refractivity contribution in [3.63, 3.8) is 0 Å². The number of piperidine rings is 1. The smallest absolute Gasteiger partial charge is 0.258 e. The third-order valence-corrected chi connectivity index (χ3v) is 5.66. The van der Waals surface area contributed by atoms with Crippen molar-refractivity contribution in [1.82, 2.24) is 4.31 Å². The van der Waals surface area contributed by atoms with E-state index in [0.717, 1.165) is 25.7 Å². The van der Waals surface area contributed by atoms with Crippen LogP contribution in [0.15, 0.2) is 29.2 Å². The van der Waals surface area contributed by atoms with Gasteiger partial charge in [0, 0.05) is 24.7 Å². The summed E-state index contributed by atoms with van der Waals surface area (Å²) in [7, 11) is -3.56.